The van der Waals surface area contributed by atoms with Gasteiger partial charge in [-0.15, -0.1) is 0 Å². The van der Waals surface area contributed by atoms with Crippen molar-refractivity contribution in [3.63, 3.8) is 0 Å². The lowest BCUT2D eigenvalue weighted by Crippen LogP contribution is -2.18. The quantitative estimate of drug-likeness (QED) is 0.757. The van der Waals surface area contributed by atoms with Gasteiger partial charge in [0.05, 0.1) is 11.5 Å². The molecule has 0 fully saturated rings. The maximum absolute atomic E-state index is 11.9. The van der Waals surface area contributed by atoms with Crippen LogP contribution in [-0.2, 0) is 15.6 Å². The van der Waals surface area contributed by atoms with Crippen LogP contribution in [0.2, 0.25) is 0 Å². The number of hydrogen-bond acceptors (Lipinski definition) is 2. The fraction of sp³-hybridized carbons (Fsp3) is 0.500. The Balaban J connectivity index is 2.66. The lowest BCUT2D eigenvalue weighted by molar-refractivity contribution is 0.568. The molecule has 1 unspecified atom stereocenters. The summed E-state index contributed by atoms with van der Waals surface area (Å²) in [7, 11) is -2.99. The maximum atomic E-state index is 11.9. The van der Waals surface area contributed by atoms with Crippen molar-refractivity contribution in [3.05, 3.63) is 35.9 Å². The Kier molecular flexibility index (Phi) is 5.49. The van der Waals surface area contributed by atoms with Crippen LogP contribution in [0.4, 0.5) is 0 Å². The van der Waals surface area contributed by atoms with Gasteiger partial charge >= 0.3 is 0 Å². The number of sulfone groups is 1. The molecule has 2 nitrogen and oxygen atoms in total. The molecule has 0 aliphatic rings. The zero-order chi connectivity index (χ0) is 12.0. The molecular formula is C12H17BrO2S. The van der Waals surface area contributed by atoms with E-state index >= 15 is 0 Å². The van der Waals surface area contributed by atoms with Crippen molar-refractivity contribution < 1.29 is 8.42 Å². The second-order valence-corrected chi connectivity index (χ2v) is 6.73. The Morgan fingerprint density at radius 1 is 1.25 bits per heavy atom. The van der Waals surface area contributed by atoms with Crippen molar-refractivity contribution in [1.82, 2.24) is 0 Å². The summed E-state index contributed by atoms with van der Waals surface area (Å²) in [5, 5.41) is 0.748. The van der Waals surface area contributed by atoms with Gasteiger partial charge < -0.3 is 0 Å². The van der Waals surface area contributed by atoms with E-state index in [2.05, 4.69) is 15.9 Å². The number of rotatable bonds is 6. The highest BCUT2D eigenvalue weighted by atomic mass is 79.9. The van der Waals surface area contributed by atoms with Gasteiger partial charge in [-0.2, -0.15) is 0 Å². The Labute approximate surface area is 106 Å². The number of halogens is 1. The molecule has 0 amide bonds. The molecule has 0 saturated carbocycles. The molecule has 0 radical (unpaired) electrons. The summed E-state index contributed by atoms with van der Waals surface area (Å²) in [6.07, 6.45) is 0.888. The predicted octanol–water partition coefficient (Wildman–Crippen LogP) is 3.02. The second-order valence-electron chi connectivity index (χ2n) is 3.97. The van der Waals surface area contributed by atoms with Crippen LogP contribution in [-0.4, -0.2) is 19.5 Å². The van der Waals surface area contributed by atoms with E-state index in [1.54, 1.807) is 0 Å². The van der Waals surface area contributed by atoms with Gasteiger partial charge in [0.25, 0.3) is 0 Å². The number of alkyl halides is 1. The fourth-order valence-electron chi connectivity index (χ4n) is 1.52. The molecule has 1 atom stereocenters. The maximum Gasteiger partial charge on any atom is 0.154 e. The smallest absolute Gasteiger partial charge is 0.154 e. The van der Waals surface area contributed by atoms with Gasteiger partial charge in [-0.05, 0) is 11.5 Å². The van der Waals surface area contributed by atoms with Gasteiger partial charge in [0, 0.05) is 5.33 Å². The highest BCUT2D eigenvalue weighted by Gasteiger charge is 2.17. The van der Waals surface area contributed by atoms with Crippen molar-refractivity contribution in [2.75, 3.05) is 11.1 Å². The summed E-state index contributed by atoms with van der Waals surface area (Å²) in [6.45, 7) is 2.02. The molecule has 90 valence electrons. The standard InChI is InChI=1S/C12H17BrO2S/c1-2-11(8-13)9-16(14,15)10-12-6-4-3-5-7-12/h3-7,11H,2,8-10H2,1H3. The molecule has 0 aliphatic carbocycles. The number of hydrogen-bond donors (Lipinski definition) is 0. The topological polar surface area (TPSA) is 34.1 Å². The summed E-state index contributed by atoms with van der Waals surface area (Å²) in [6, 6.07) is 9.34. The average molecular weight is 305 g/mol. The highest BCUT2D eigenvalue weighted by molar-refractivity contribution is 9.09. The molecule has 0 heterocycles. The first-order valence-electron chi connectivity index (χ1n) is 5.37. The van der Waals surface area contributed by atoms with Gasteiger partial charge in [-0.3, -0.25) is 0 Å². The molecule has 1 aromatic carbocycles. The van der Waals surface area contributed by atoms with Crippen molar-refractivity contribution in [1.29, 1.82) is 0 Å². The minimum atomic E-state index is -2.99. The third-order valence-electron chi connectivity index (χ3n) is 2.51. The summed E-state index contributed by atoms with van der Waals surface area (Å²) < 4.78 is 23.8. The molecule has 4 heteroatoms. The van der Waals surface area contributed by atoms with E-state index in [-0.39, 0.29) is 17.4 Å². The van der Waals surface area contributed by atoms with Crippen molar-refractivity contribution in [3.8, 4) is 0 Å². The zero-order valence-electron chi connectivity index (χ0n) is 9.40. The second kappa shape index (κ2) is 6.40. The lowest BCUT2D eigenvalue weighted by atomic mass is 10.2. The molecule has 1 rings (SSSR count). The summed E-state index contributed by atoms with van der Waals surface area (Å²) >= 11 is 3.35. The molecule has 16 heavy (non-hydrogen) atoms. The Hall–Kier alpha value is -0.350. The van der Waals surface area contributed by atoms with Crippen LogP contribution >= 0.6 is 15.9 Å². The van der Waals surface area contributed by atoms with Gasteiger partial charge in [0.1, 0.15) is 0 Å². The first-order valence-corrected chi connectivity index (χ1v) is 8.32. The number of benzene rings is 1. The fourth-order valence-corrected chi connectivity index (χ4v) is 4.40. The van der Waals surface area contributed by atoms with Gasteiger partial charge in [0.2, 0.25) is 0 Å². The molecule has 0 aliphatic heterocycles. The van der Waals surface area contributed by atoms with Crippen molar-refractivity contribution in [2.24, 2.45) is 5.92 Å². The van der Waals surface area contributed by atoms with E-state index in [4.69, 9.17) is 0 Å². The van der Waals surface area contributed by atoms with E-state index in [1.165, 1.54) is 0 Å². The van der Waals surface area contributed by atoms with Crippen molar-refractivity contribution in [2.45, 2.75) is 19.1 Å². The van der Waals surface area contributed by atoms with Crippen LogP contribution in [0.5, 0.6) is 0 Å². The highest BCUT2D eigenvalue weighted by Crippen LogP contribution is 2.14. The predicted molar refractivity (Wildman–Crippen MR) is 71.5 cm³/mol. The van der Waals surface area contributed by atoms with Crippen LogP contribution in [0.15, 0.2) is 30.3 Å². The van der Waals surface area contributed by atoms with E-state index in [0.29, 0.717) is 0 Å². The van der Waals surface area contributed by atoms with Crippen LogP contribution < -0.4 is 0 Å². The first-order chi connectivity index (χ1) is 7.57. The van der Waals surface area contributed by atoms with E-state index in [1.807, 2.05) is 37.3 Å². The Morgan fingerprint density at radius 2 is 1.88 bits per heavy atom. The largest absolute Gasteiger partial charge is 0.228 e. The summed E-state index contributed by atoms with van der Waals surface area (Å²) in [5.74, 6) is 0.634. The van der Waals surface area contributed by atoms with E-state index in [0.717, 1.165) is 17.3 Å². The SMILES string of the molecule is CCC(CBr)CS(=O)(=O)Cc1ccccc1. The third kappa shape index (κ3) is 4.66. The van der Waals surface area contributed by atoms with Crippen LogP contribution in [0.1, 0.15) is 18.9 Å². The lowest BCUT2D eigenvalue weighted by Gasteiger charge is -2.11. The first kappa shape index (κ1) is 13.7. The average Bonchev–Trinajstić information content (AvgIpc) is 2.26. The molecule has 0 bridgehead atoms. The van der Waals surface area contributed by atoms with E-state index in [9.17, 15) is 8.42 Å². The molecule has 0 aromatic heterocycles. The minimum absolute atomic E-state index is 0.150. The van der Waals surface area contributed by atoms with Crippen LogP contribution in [0, 0.1) is 5.92 Å². The Morgan fingerprint density at radius 3 is 2.38 bits per heavy atom. The Bertz CT molecular complexity index is 396. The van der Waals surface area contributed by atoms with Crippen molar-refractivity contribution >= 4 is 25.8 Å². The molecule has 0 spiro atoms. The zero-order valence-corrected chi connectivity index (χ0v) is 11.8. The molecule has 0 N–H and O–H groups in total. The third-order valence-corrected chi connectivity index (χ3v) is 5.18. The normalized spacial score (nSPS) is 13.6. The van der Waals surface area contributed by atoms with E-state index < -0.39 is 9.84 Å². The molecule has 1 aromatic rings. The van der Waals surface area contributed by atoms with Gasteiger partial charge in [-0.25, -0.2) is 8.42 Å². The monoisotopic (exact) mass is 304 g/mol. The summed E-state index contributed by atoms with van der Waals surface area (Å²) in [4.78, 5) is 0. The minimum Gasteiger partial charge on any atom is -0.228 e. The van der Waals surface area contributed by atoms with Gasteiger partial charge in [0.15, 0.2) is 9.84 Å². The summed E-state index contributed by atoms with van der Waals surface area (Å²) in [5.41, 5.74) is 0.868. The van der Waals surface area contributed by atoms with Gasteiger partial charge in [-0.1, -0.05) is 59.6 Å². The van der Waals surface area contributed by atoms with Crippen LogP contribution in [0.25, 0.3) is 0 Å². The van der Waals surface area contributed by atoms with Crippen LogP contribution in [0.3, 0.4) is 0 Å². The molecule has 0 saturated heterocycles. The molecular weight excluding hydrogens is 288 g/mol.